The molecule has 0 bridgehead atoms. The van der Waals surface area contributed by atoms with Gasteiger partial charge in [0.25, 0.3) is 5.91 Å². The zero-order valence-corrected chi connectivity index (χ0v) is 18.2. The van der Waals surface area contributed by atoms with E-state index in [1.807, 2.05) is 60.8 Å². The van der Waals surface area contributed by atoms with Crippen LogP contribution in [0.2, 0.25) is 0 Å². The minimum absolute atomic E-state index is 0.0231. The predicted octanol–water partition coefficient (Wildman–Crippen LogP) is 3.36. The number of aromatic nitrogens is 2. The quantitative estimate of drug-likeness (QED) is 0.279. The Hall–Kier alpha value is -3.13. The number of thiophene rings is 1. The van der Waals surface area contributed by atoms with Crippen LogP contribution in [0.5, 0.6) is 0 Å². The van der Waals surface area contributed by atoms with Crippen molar-refractivity contribution >= 4 is 23.2 Å². The summed E-state index contributed by atoms with van der Waals surface area (Å²) in [6.45, 7) is 4.68. The fourth-order valence-corrected chi connectivity index (χ4v) is 3.58. The largest absolute Gasteiger partial charge is 0.357 e. The fourth-order valence-electron chi connectivity index (χ4n) is 2.94. The average Bonchev–Trinajstić information content (AvgIpc) is 3.45. The van der Waals surface area contributed by atoms with E-state index in [-0.39, 0.29) is 5.91 Å². The lowest BCUT2D eigenvalue weighted by Gasteiger charge is -2.21. The molecular formula is C22H28N6OS. The Morgan fingerprint density at radius 2 is 2.03 bits per heavy atom. The highest BCUT2D eigenvalue weighted by molar-refractivity contribution is 7.12. The van der Waals surface area contributed by atoms with E-state index in [1.54, 1.807) is 0 Å². The molecule has 0 radical (unpaired) electrons. The second-order valence-electron chi connectivity index (χ2n) is 6.79. The molecule has 0 unspecified atom stereocenters. The Labute approximate surface area is 181 Å². The van der Waals surface area contributed by atoms with Crippen molar-refractivity contribution in [3.63, 3.8) is 0 Å². The molecule has 0 saturated heterocycles. The summed E-state index contributed by atoms with van der Waals surface area (Å²) in [5, 5.41) is 8.15. The summed E-state index contributed by atoms with van der Waals surface area (Å²) < 4.78 is 0. The van der Waals surface area contributed by atoms with E-state index in [9.17, 15) is 4.79 Å². The molecular weight excluding hydrogens is 396 g/mol. The van der Waals surface area contributed by atoms with Crippen molar-refractivity contribution in [1.82, 2.24) is 25.5 Å². The third kappa shape index (κ3) is 6.18. The molecule has 0 aliphatic carbocycles. The van der Waals surface area contributed by atoms with Crippen LogP contribution in [0.15, 0.2) is 59.0 Å². The van der Waals surface area contributed by atoms with Crippen molar-refractivity contribution < 1.29 is 4.79 Å². The van der Waals surface area contributed by atoms with Gasteiger partial charge in [-0.1, -0.05) is 36.4 Å². The standard InChI is InChI=1S/C22H28N6OS/c1-3-23-22(25-13-8-12-24-21(29)19-11-7-14-30-19)28(2)16-20-26-15-18(27-20)17-9-5-4-6-10-17/h4-7,9-11,14-15H,3,8,12-13,16H2,1-2H3,(H,23,25)(H,24,29)(H,26,27). The summed E-state index contributed by atoms with van der Waals surface area (Å²) in [5.41, 5.74) is 2.12. The smallest absolute Gasteiger partial charge is 0.261 e. The van der Waals surface area contributed by atoms with Gasteiger partial charge in [0, 0.05) is 26.7 Å². The highest BCUT2D eigenvalue weighted by atomic mass is 32.1. The number of nitrogens with one attached hydrogen (secondary N) is 3. The molecule has 0 aliphatic heterocycles. The number of aromatic amines is 1. The summed E-state index contributed by atoms with van der Waals surface area (Å²) in [6.07, 6.45) is 2.64. The molecule has 1 amide bonds. The maximum absolute atomic E-state index is 12.0. The molecule has 3 aromatic rings. The summed E-state index contributed by atoms with van der Waals surface area (Å²) in [5.74, 6) is 1.68. The van der Waals surface area contributed by atoms with Gasteiger partial charge in [0.05, 0.1) is 23.3 Å². The SMILES string of the molecule is CCNC(=NCCCNC(=O)c1cccs1)N(C)Cc1ncc(-c2ccccc2)[nH]1. The van der Waals surface area contributed by atoms with Crippen LogP contribution in [0, 0.1) is 0 Å². The molecule has 0 atom stereocenters. The highest BCUT2D eigenvalue weighted by Crippen LogP contribution is 2.16. The molecule has 30 heavy (non-hydrogen) atoms. The van der Waals surface area contributed by atoms with Gasteiger partial charge in [-0.3, -0.25) is 9.79 Å². The van der Waals surface area contributed by atoms with Gasteiger partial charge in [0.1, 0.15) is 5.82 Å². The van der Waals surface area contributed by atoms with E-state index in [0.717, 1.165) is 40.9 Å². The van der Waals surface area contributed by atoms with Crippen molar-refractivity contribution in [2.75, 3.05) is 26.7 Å². The number of nitrogens with zero attached hydrogens (tertiary/aromatic N) is 3. The first kappa shape index (κ1) is 21.6. The van der Waals surface area contributed by atoms with Crippen LogP contribution >= 0.6 is 11.3 Å². The van der Waals surface area contributed by atoms with Crippen LogP contribution in [0.25, 0.3) is 11.3 Å². The summed E-state index contributed by atoms with van der Waals surface area (Å²) >= 11 is 1.45. The van der Waals surface area contributed by atoms with Crippen molar-refractivity contribution in [2.45, 2.75) is 19.9 Å². The van der Waals surface area contributed by atoms with Gasteiger partial charge in [-0.25, -0.2) is 4.98 Å². The number of benzene rings is 1. The van der Waals surface area contributed by atoms with Crippen molar-refractivity contribution in [3.05, 3.63) is 64.7 Å². The topological polar surface area (TPSA) is 85.4 Å². The van der Waals surface area contributed by atoms with E-state index in [2.05, 4.69) is 37.7 Å². The highest BCUT2D eigenvalue weighted by Gasteiger charge is 2.10. The number of H-pyrrole nitrogens is 1. The monoisotopic (exact) mass is 424 g/mol. The molecule has 7 nitrogen and oxygen atoms in total. The Balaban J connectivity index is 1.49. The van der Waals surface area contributed by atoms with E-state index in [0.29, 0.717) is 19.6 Å². The van der Waals surface area contributed by atoms with Crippen LogP contribution in [0.4, 0.5) is 0 Å². The van der Waals surface area contributed by atoms with E-state index in [4.69, 9.17) is 0 Å². The number of rotatable bonds is 9. The maximum atomic E-state index is 12.0. The van der Waals surface area contributed by atoms with E-state index < -0.39 is 0 Å². The van der Waals surface area contributed by atoms with Crippen LogP contribution in [-0.2, 0) is 6.54 Å². The number of amides is 1. The van der Waals surface area contributed by atoms with Gasteiger partial charge in [-0.2, -0.15) is 0 Å². The molecule has 0 fully saturated rings. The first-order chi connectivity index (χ1) is 14.7. The number of hydrogen-bond donors (Lipinski definition) is 3. The van der Waals surface area contributed by atoms with Crippen molar-refractivity contribution in [1.29, 1.82) is 0 Å². The molecule has 0 aliphatic rings. The van der Waals surface area contributed by atoms with Gasteiger partial charge in [0.15, 0.2) is 5.96 Å². The number of carbonyl (C=O) groups excluding carboxylic acids is 1. The zero-order chi connectivity index (χ0) is 21.2. The van der Waals surface area contributed by atoms with Gasteiger partial charge in [-0.15, -0.1) is 11.3 Å². The molecule has 3 rings (SSSR count). The molecule has 0 spiro atoms. The minimum Gasteiger partial charge on any atom is -0.357 e. The van der Waals surface area contributed by atoms with Crippen LogP contribution in [-0.4, -0.2) is 53.4 Å². The summed E-state index contributed by atoms with van der Waals surface area (Å²) in [4.78, 5) is 27.3. The number of carbonyl (C=O) groups is 1. The van der Waals surface area contributed by atoms with Crippen LogP contribution in [0.1, 0.15) is 28.8 Å². The fraction of sp³-hybridized carbons (Fsp3) is 0.318. The molecule has 1 aromatic carbocycles. The summed E-state index contributed by atoms with van der Waals surface area (Å²) in [7, 11) is 1.99. The molecule has 2 heterocycles. The molecule has 0 saturated carbocycles. The van der Waals surface area contributed by atoms with Gasteiger partial charge >= 0.3 is 0 Å². The van der Waals surface area contributed by atoms with Gasteiger partial charge < -0.3 is 20.5 Å². The normalized spacial score (nSPS) is 11.3. The lowest BCUT2D eigenvalue weighted by atomic mass is 10.2. The molecule has 3 N–H and O–H groups in total. The second-order valence-corrected chi connectivity index (χ2v) is 7.74. The van der Waals surface area contributed by atoms with Crippen molar-refractivity contribution in [3.8, 4) is 11.3 Å². The molecule has 158 valence electrons. The third-order valence-corrected chi connectivity index (χ3v) is 5.29. The molecule has 8 heteroatoms. The van der Waals surface area contributed by atoms with E-state index in [1.165, 1.54) is 11.3 Å². The number of hydrogen-bond acceptors (Lipinski definition) is 4. The Morgan fingerprint density at radius 1 is 1.20 bits per heavy atom. The van der Waals surface area contributed by atoms with Crippen LogP contribution < -0.4 is 10.6 Å². The van der Waals surface area contributed by atoms with Crippen molar-refractivity contribution in [2.24, 2.45) is 4.99 Å². The Kier molecular flexibility index (Phi) is 8.02. The lowest BCUT2D eigenvalue weighted by Crippen LogP contribution is -2.39. The second kappa shape index (κ2) is 11.2. The average molecular weight is 425 g/mol. The lowest BCUT2D eigenvalue weighted by molar-refractivity contribution is 0.0957. The van der Waals surface area contributed by atoms with Crippen LogP contribution in [0.3, 0.4) is 0 Å². The predicted molar refractivity (Wildman–Crippen MR) is 123 cm³/mol. The first-order valence-electron chi connectivity index (χ1n) is 10.1. The van der Waals surface area contributed by atoms with Gasteiger partial charge in [-0.05, 0) is 30.4 Å². The van der Waals surface area contributed by atoms with E-state index >= 15 is 0 Å². The number of aliphatic imine (C=N–C) groups is 1. The zero-order valence-electron chi connectivity index (χ0n) is 17.4. The maximum Gasteiger partial charge on any atom is 0.261 e. The Morgan fingerprint density at radius 3 is 2.77 bits per heavy atom. The third-order valence-electron chi connectivity index (χ3n) is 4.42. The van der Waals surface area contributed by atoms with Gasteiger partial charge in [0.2, 0.25) is 0 Å². The number of guanidine groups is 1. The Bertz CT molecular complexity index is 936. The number of imidazole rings is 1. The summed E-state index contributed by atoms with van der Waals surface area (Å²) in [6, 6.07) is 13.9. The first-order valence-corrected chi connectivity index (χ1v) is 11.0. The minimum atomic E-state index is -0.0231. The molecule has 2 aromatic heterocycles.